The van der Waals surface area contributed by atoms with Crippen LogP contribution in [-0.4, -0.2) is 88.4 Å². The van der Waals surface area contributed by atoms with Crippen LogP contribution in [0.25, 0.3) is 33.2 Å². The molecule has 1 fully saturated rings. The van der Waals surface area contributed by atoms with E-state index < -0.39 is 17.3 Å². The van der Waals surface area contributed by atoms with Crippen LogP contribution in [0.3, 0.4) is 0 Å². The first kappa shape index (κ1) is 30.9. The lowest BCUT2D eigenvalue weighted by molar-refractivity contribution is 0.00564. The quantitative estimate of drug-likeness (QED) is 0.316. The van der Waals surface area contributed by atoms with Crippen LogP contribution in [0.1, 0.15) is 45.1 Å². The third-order valence-corrected chi connectivity index (χ3v) is 7.38. The van der Waals surface area contributed by atoms with E-state index in [-0.39, 0.29) is 53.3 Å². The first-order chi connectivity index (χ1) is 20.8. The molecular formula is C31H38FN7O5. The van der Waals surface area contributed by atoms with E-state index in [1.165, 1.54) is 18.8 Å². The number of hydrogen-bond acceptors (Lipinski definition) is 9. The molecule has 0 saturated carbocycles. The maximum absolute atomic E-state index is 15.6. The minimum atomic E-state index is -0.676. The summed E-state index contributed by atoms with van der Waals surface area (Å²) in [5.74, 6) is -1.10. The molecule has 0 unspecified atom stereocenters. The molecule has 0 radical (unpaired) electrons. The zero-order chi connectivity index (χ0) is 31.9. The molecule has 3 heterocycles. The predicted molar refractivity (Wildman–Crippen MR) is 164 cm³/mol. The highest BCUT2D eigenvalue weighted by Gasteiger charge is 2.36. The molecule has 13 heteroatoms. The molecule has 2 aromatic heterocycles. The van der Waals surface area contributed by atoms with Crippen LogP contribution < -0.4 is 15.0 Å². The fraction of sp³-hybridized carbons (Fsp3) is 0.452. The van der Waals surface area contributed by atoms with Crippen LogP contribution in [0, 0.1) is 5.82 Å². The fourth-order valence-corrected chi connectivity index (χ4v) is 5.59. The minimum Gasteiger partial charge on any atom is -0.464 e. The summed E-state index contributed by atoms with van der Waals surface area (Å²) < 4.78 is 33.5. The maximum atomic E-state index is 15.6. The lowest BCUT2D eigenvalue weighted by atomic mass is 10.1. The highest BCUT2D eigenvalue weighted by Crippen LogP contribution is 2.37. The van der Waals surface area contributed by atoms with E-state index in [4.69, 9.17) is 19.2 Å². The molecule has 1 N–H and O–H groups in total. The van der Waals surface area contributed by atoms with Crippen LogP contribution in [0.5, 0.6) is 5.75 Å². The molecular weight excluding hydrogens is 569 g/mol. The van der Waals surface area contributed by atoms with Gasteiger partial charge in [0.2, 0.25) is 0 Å². The van der Waals surface area contributed by atoms with E-state index in [1.54, 1.807) is 24.2 Å². The van der Waals surface area contributed by atoms with Gasteiger partial charge in [0.25, 0.3) is 5.91 Å². The molecule has 0 bridgehead atoms. The second-order valence-corrected chi connectivity index (χ2v) is 12.0. The topological polar surface area (TPSA) is 124 Å². The Morgan fingerprint density at radius 3 is 2.45 bits per heavy atom. The Hall–Kier alpha value is -4.52. The minimum absolute atomic E-state index is 0.118. The molecule has 4 aromatic rings. The molecule has 234 valence electrons. The number of carbonyl (C=O) groups excluding carboxylic acids is 2. The van der Waals surface area contributed by atoms with Gasteiger partial charge in [-0.2, -0.15) is 5.10 Å². The van der Waals surface area contributed by atoms with Crippen LogP contribution in [-0.2, 0) is 16.5 Å². The molecule has 2 atom stereocenters. The third-order valence-electron chi connectivity index (χ3n) is 7.38. The lowest BCUT2D eigenvalue weighted by Gasteiger charge is -2.45. The second-order valence-electron chi connectivity index (χ2n) is 12.0. The van der Waals surface area contributed by atoms with Gasteiger partial charge in [0, 0.05) is 57.0 Å². The number of methoxy groups -OCH3 is 1. The van der Waals surface area contributed by atoms with Crippen molar-refractivity contribution in [3.8, 4) is 17.1 Å². The van der Waals surface area contributed by atoms with Crippen molar-refractivity contribution in [1.82, 2.24) is 30.0 Å². The average Bonchev–Trinajstić information content (AvgIpc) is 3.34. The first-order valence-electron chi connectivity index (χ1n) is 14.4. The molecule has 1 aliphatic heterocycles. The summed E-state index contributed by atoms with van der Waals surface area (Å²) in [4.78, 5) is 39.4. The molecule has 5 rings (SSSR count). The zero-order valence-corrected chi connectivity index (χ0v) is 26.3. The highest BCUT2D eigenvalue weighted by molar-refractivity contribution is 6.06. The van der Waals surface area contributed by atoms with Crippen molar-refractivity contribution < 1.29 is 28.2 Å². The van der Waals surface area contributed by atoms with Crippen LogP contribution in [0.4, 0.5) is 14.9 Å². The fourth-order valence-electron chi connectivity index (χ4n) is 5.59. The number of aryl methyl sites for hydroxylation is 1. The highest BCUT2D eigenvalue weighted by atomic mass is 19.1. The number of halogens is 1. The van der Waals surface area contributed by atoms with Crippen molar-refractivity contribution in [1.29, 1.82) is 0 Å². The molecule has 2 aromatic carbocycles. The van der Waals surface area contributed by atoms with Gasteiger partial charge < -0.3 is 24.4 Å². The number of anilines is 1. The Kier molecular flexibility index (Phi) is 8.34. The second kappa shape index (κ2) is 11.9. The standard InChI is InChI=1S/C31H38FN7O5/c1-17-13-38(14-18(2)39(17)30(41)44-31(3,4)5)20-9-10-23-21(12-20)26(29(40)33-6)35-28(34-23)22-11-19-15-37(7)36-25(19)24(32)27(22)43-16-42-8/h9-12,15,17-18H,13-14,16H2,1-8H3,(H,33,40)/t17-,18-/m1/s1. The number of ether oxygens (including phenoxy) is 3. The van der Waals surface area contributed by atoms with Crippen LogP contribution in [0.15, 0.2) is 30.5 Å². The molecule has 44 heavy (non-hydrogen) atoms. The van der Waals surface area contributed by atoms with Gasteiger partial charge in [0.05, 0.1) is 23.2 Å². The summed E-state index contributed by atoms with van der Waals surface area (Å²) in [6, 6.07) is 7.05. The lowest BCUT2D eigenvalue weighted by Crippen LogP contribution is -2.59. The van der Waals surface area contributed by atoms with Crippen molar-refractivity contribution in [3.63, 3.8) is 0 Å². The summed E-state index contributed by atoms with van der Waals surface area (Å²) in [7, 11) is 4.65. The molecule has 0 spiro atoms. The number of fused-ring (bicyclic) bond motifs is 2. The summed E-state index contributed by atoms with van der Waals surface area (Å²) in [5.41, 5.74) is 1.29. The Bertz CT molecular complexity index is 1720. The average molecular weight is 608 g/mol. The molecule has 1 saturated heterocycles. The Morgan fingerprint density at radius 1 is 1.11 bits per heavy atom. The van der Waals surface area contributed by atoms with Crippen molar-refractivity contribution in [3.05, 3.63) is 42.0 Å². The number of nitrogens with one attached hydrogen (secondary N) is 1. The molecule has 1 aliphatic rings. The predicted octanol–water partition coefficient (Wildman–Crippen LogP) is 4.50. The smallest absolute Gasteiger partial charge is 0.410 e. The number of amides is 2. The Labute approximate surface area is 255 Å². The van der Waals surface area contributed by atoms with Crippen LogP contribution in [0.2, 0.25) is 0 Å². The largest absolute Gasteiger partial charge is 0.464 e. The summed E-state index contributed by atoms with van der Waals surface area (Å²) in [6.45, 7) is 10.4. The SMILES string of the molecule is CNC(=O)c1nc(-c2cc3cn(C)nc3c(F)c2OCOC)nc2ccc(N3C[C@@H](C)N(C(=O)OC(C)(C)C)[C@H](C)C3)cc12. The molecule has 0 aliphatic carbocycles. The number of hydrogen-bond donors (Lipinski definition) is 1. The van der Waals surface area contributed by atoms with Crippen LogP contribution >= 0.6 is 0 Å². The van der Waals surface area contributed by atoms with Gasteiger partial charge in [0.15, 0.2) is 24.2 Å². The summed E-state index contributed by atoms with van der Waals surface area (Å²) >= 11 is 0. The van der Waals surface area contributed by atoms with Gasteiger partial charge in [0.1, 0.15) is 16.8 Å². The van der Waals surface area contributed by atoms with E-state index in [9.17, 15) is 9.59 Å². The van der Waals surface area contributed by atoms with Gasteiger partial charge in [-0.25, -0.2) is 19.2 Å². The number of rotatable bonds is 6. The monoisotopic (exact) mass is 607 g/mol. The van der Waals surface area contributed by atoms with Gasteiger partial charge in [-0.3, -0.25) is 14.4 Å². The number of benzene rings is 2. The number of carbonyl (C=O) groups is 2. The van der Waals surface area contributed by atoms with E-state index in [1.807, 2.05) is 52.8 Å². The summed E-state index contributed by atoms with van der Waals surface area (Å²) in [5, 5.41) is 7.92. The van der Waals surface area contributed by atoms with Gasteiger partial charge in [-0.1, -0.05) is 0 Å². The van der Waals surface area contributed by atoms with Crippen molar-refractivity contribution >= 4 is 39.5 Å². The summed E-state index contributed by atoms with van der Waals surface area (Å²) in [6.07, 6.45) is 1.34. The third kappa shape index (κ3) is 5.96. The Balaban J connectivity index is 1.56. The first-order valence-corrected chi connectivity index (χ1v) is 14.4. The van der Waals surface area contributed by atoms with Gasteiger partial charge >= 0.3 is 6.09 Å². The number of piperazine rings is 1. The normalized spacial score (nSPS) is 17.3. The van der Waals surface area contributed by atoms with Gasteiger partial charge in [-0.15, -0.1) is 0 Å². The van der Waals surface area contributed by atoms with E-state index in [2.05, 4.69) is 20.3 Å². The maximum Gasteiger partial charge on any atom is 0.410 e. The van der Waals surface area contributed by atoms with E-state index in [0.717, 1.165) is 5.69 Å². The van der Waals surface area contributed by atoms with E-state index >= 15 is 4.39 Å². The van der Waals surface area contributed by atoms with E-state index in [0.29, 0.717) is 29.4 Å². The van der Waals surface area contributed by atoms with Crippen molar-refractivity contribution in [2.75, 3.05) is 38.9 Å². The number of aromatic nitrogens is 4. The molecule has 12 nitrogen and oxygen atoms in total. The number of nitrogens with zero attached hydrogens (tertiary/aromatic N) is 6. The molecule has 2 amide bonds. The zero-order valence-electron chi connectivity index (χ0n) is 26.3. The van der Waals surface area contributed by atoms with Crippen molar-refractivity contribution in [2.24, 2.45) is 7.05 Å². The Morgan fingerprint density at radius 2 is 1.82 bits per heavy atom. The van der Waals surface area contributed by atoms with Crippen molar-refractivity contribution in [2.45, 2.75) is 52.3 Å². The van der Waals surface area contributed by atoms with Gasteiger partial charge in [-0.05, 0) is 58.9 Å².